The van der Waals surface area contributed by atoms with Gasteiger partial charge in [-0.05, 0) is 13.0 Å². The van der Waals surface area contributed by atoms with Crippen LogP contribution in [-0.4, -0.2) is 13.3 Å². The second kappa shape index (κ2) is 3.53. The molecule has 0 aliphatic carbocycles. The highest BCUT2D eigenvalue weighted by atomic mass is 19.1. The first-order valence-electron chi connectivity index (χ1n) is 2.02. The Labute approximate surface area is 42.6 Å². The van der Waals surface area contributed by atoms with Gasteiger partial charge in [0, 0.05) is 13.3 Å². The number of allylic oxidation sites excluding steroid dienone is 2. The quantitative estimate of drug-likeness (QED) is 0.444. The first kappa shape index (κ1) is 6.34. The van der Waals surface area contributed by atoms with Gasteiger partial charge in [0.15, 0.2) is 0 Å². The molecule has 0 N–H and O–H groups in total. The van der Waals surface area contributed by atoms with Gasteiger partial charge in [0.2, 0.25) is 0 Å². The van der Waals surface area contributed by atoms with Crippen LogP contribution in [0, 0.1) is 0 Å². The summed E-state index contributed by atoms with van der Waals surface area (Å²) in [6.07, 6.45) is 2.72. The van der Waals surface area contributed by atoms with E-state index in [1.165, 1.54) is 19.2 Å². The summed E-state index contributed by atoms with van der Waals surface area (Å²) >= 11 is 0. The van der Waals surface area contributed by atoms with Crippen LogP contribution in [-0.2, 0) is 0 Å². The van der Waals surface area contributed by atoms with Gasteiger partial charge in [0.05, 0.1) is 5.83 Å². The molecular formula is C5H8FN. The Morgan fingerprint density at radius 2 is 2.29 bits per heavy atom. The lowest BCUT2D eigenvalue weighted by Gasteiger charge is -1.73. The number of hydrogen-bond acceptors (Lipinski definition) is 1. The van der Waals surface area contributed by atoms with Crippen molar-refractivity contribution in [1.82, 2.24) is 0 Å². The van der Waals surface area contributed by atoms with E-state index in [0.29, 0.717) is 0 Å². The van der Waals surface area contributed by atoms with Crippen LogP contribution in [0.15, 0.2) is 16.9 Å². The van der Waals surface area contributed by atoms with Crippen molar-refractivity contribution in [3.05, 3.63) is 11.9 Å². The van der Waals surface area contributed by atoms with E-state index in [9.17, 15) is 4.39 Å². The summed E-state index contributed by atoms with van der Waals surface area (Å²) in [6.45, 7) is 1.38. The normalized spacial score (nSPS) is 13.3. The molecule has 1 nitrogen and oxygen atoms in total. The highest BCUT2D eigenvalue weighted by Gasteiger charge is 1.71. The molecule has 0 fully saturated rings. The van der Waals surface area contributed by atoms with Gasteiger partial charge in [-0.25, -0.2) is 4.39 Å². The van der Waals surface area contributed by atoms with Gasteiger partial charge in [-0.3, -0.25) is 4.99 Å². The molecule has 0 aromatic rings. The molecule has 0 radical (unpaired) electrons. The van der Waals surface area contributed by atoms with Crippen LogP contribution in [0.25, 0.3) is 0 Å². The summed E-state index contributed by atoms with van der Waals surface area (Å²) in [5, 5.41) is 0. The Bertz CT molecular complexity index is 90.3. The Morgan fingerprint density at radius 1 is 1.71 bits per heavy atom. The largest absolute Gasteiger partial charge is 0.296 e. The summed E-state index contributed by atoms with van der Waals surface area (Å²) in [6, 6.07) is 0. The van der Waals surface area contributed by atoms with E-state index >= 15 is 0 Å². The molecular weight excluding hydrogens is 93.1 g/mol. The molecule has 0 aromatic carbocycles. The van der Waals surface area contributed by atoms with Crippen molar-refractivity contribution >= 4 is 6.21 Å². The monoisotopic (exact) mass is 101 g/mol. The van der Waals surface area contributed by atoms with E-state index in [1.807, 2.05) is 0 Å². The van der Waals surface area contributed by atoms with Crippen molar-refractivity contribution < 1.29 is 4.39 Å². The zero-order valence-corrected chi connectivity index (χ0v) is 4.48. The van der Waals surface area contributed by atoms with Gasteiger partial charge >= 0.3 is 0 Å². The van der Waals surface area contributed by atoms with Crippen molar-refractivity contribution in [3.63, 3.8) is 0 Å². The molecule has 7 heavy (non-hydrogen) atoms. The zero-order valence-electron chi connectivity index (χ0n) is 4.48. The van der Waals surface area contributed by atoms with Crippen molar-refractivity contribution in [2.75, 3.05) is 7.05 Å². The van der Waals surface area contributed by atoms with Crippen LogP contribution >= 0.6 is 0 Å². The fraction of sp³-hybridized carbons (Fsp3) is 0.400. The standard InChI is InChI=1S/C5H8FN/c1-5(6)3-4-7-2/h3-4H,1-2H3/b5-3+,7-4?. The van der Waals surface area contributed by atoms with Gasteiger partial charge < -0.3 is 0 Å². The fourth-order valence-electron chi connectivity index (χ4n) is 0.177. The molecule has 0 atom stereocenters. The minimum Gasteiger partial charge on any atom is -0.296 e. The number of hydrogen-bond donors (Lipinski definition) is 0. The summed E-state index contributed by atoms with van der Waals surface area (Å²) < 4.78 is 11.7. The highest BCUT2D eigenvalue weighted by Crippen LogP contribution is 1.87. The van der Waals surface area contributed by atoms with E-state index in [-0.39, 0.29) is 5.83 Å². The molecule has 0 unspecified atom stereocenters. The van der Waals surface area contributed by atoms with Crippen LogP contribution in [0.1, 0.15) is 6.92 Å². The third kappa shape index (κ3) is 5.34. The predicted molar refractivity (Wildman–Crippen MR) is 29.3 cm³/mol. The first-order valence-corrected chi connectivity index (χ1v) is 2.02. The third-order valence-corrected chi connectivity index (χ3v) is 0.453. The van der Waals surface area contributed by atoms with E-state index in [0.717, 1.165) is 0 Å². The number of halogens is 1. The van der Waals surface area contributed by atoms with Gasteiger partial charge in [-0.2, -0.15) is 0 Å². The Balaban J connectivity index is 3.46. The Hall–Kier alpha value is -0.660. The molecule has 0 heterocycles. The van der Waals surface area contributed by atoms with E-state index in [4.69, 9.17) is 0 Å². The molecule has 0 aliphatic heterocycles. The van der Waals surface area contributed by atoms with Crippen molar-refractivity contribution in [2.24, 2.45) is 4.99 Å². The smallest absolute Gasteiger partial charge is 0.0983 e. The zero-order chi connectivity index (χ0) is 5.70. The van der Waals surface area contributed by atoms with Crippen LogP contribution in [0.3, 0.4) is 0 Å². The summed E-state index contributed by atoms with van der Waals surface area (Å²) in [7, 11) is 1.60. The number of rotatable bonds is 1. The number of nitrogens with zero attached hydrogens (tertiary/aromatic N) is 1. The lowest BCUT2D eigenvalue weighted by atomic mass is 10.5. The molecule has 0 saturated heterocycles. The molecule has 0 bridgehead atoms. The molecule has 0 spiro atoms. The molecule has 0 saturated carbocycles. The van der Waals surface area contributed by atoms with Gasteiger partial charge in [-0.1, -0.05) is 0 Å². The average Bonchev–Trinajstić information content (AvgIpc) is 1.61. The lowest BCUT2D eigenvalue weighted by Crippen LogP contribution is -1.63. The maximum atomic E-state index is 11.7. The van der Waals surface area contributed by atoms with Crippen molar-refractivity contribution in [2.45, 2.75) is 6.92 Å². The van der Waals surface area contributed by atoms with Crippen LogP contribution in [0.2, 0.25) is 0 Å². The maximum absolute atomic E-state index is 11.7. The lowest BCUT2D eigenvalue weighted by molar-refractivity contribution is 0.642. The third-order valence-electron chi connectivity index (χ3n) is 0.453. The minimum absolute atomic E-state index is 0.217. The van der Waals surface area contributed by atoms with Crippen molar-refractivity contribution in [1.29, 1.82) is 0 Å². The average molecular weight is 101 g/mol. The van der Waals surface area contributed by atoms with Gasteiger partial charge in [0.1, 0.15) is 0 Å². The van der Waals surface area contributed by atoms with E-state index < -0.39 is 0 Å². The highest BCUT2D eigenvalue weighted by molar-refractivity contribution is 5.71. The second-order valence-electron chi connectivity index (χ2n) is 1.16. The molecule has 0 aromatic heterocycles. The molecule has 0 aliphatic rings. The second-order valence-corrected chi connectivity index (χ2v) is 1.16. The van der Waals surface area contributed by atoms with Gasteiger partial charge in [-0.15, -0.1) is 0 Å². The SMILES string of the molecule is CN=C/C=C(\C)F. The summed E-state index contributed by atoms with van der Waals surface area (Å²) in [5.74, 6) is -0.217. The van der Waals surface area contributed by atoms with Crippen molar-refractivity contribution in [3.8, 4) is 0 Å². The van der Waals surface area contributed by atoms with E-state index in [2.05, 4.69) is 4.99 Å². The molecule has 0 amide bonds. The minimum atomic E-state index is -0.217. The Kier molecular flexibility index (Phi) is 3.19. The maximum Gasteiger partial charge on any atom is 0.0983 e. The van der Waals surface area contributed by atoms with Crippen LogP contribution in [0.5, 0.6) is 0 Å². The predicted octanol–water partition coefficient (Wildman–Crippen LogP) is 1.56. The molecule has 40 valence electrons. The Morgan fingerprint density at radius 3 is 2.43 bits per heavy atom. The summed E-state index contributed by atoms with van der Waals surface area (Å²) in [4.78, 5) is 3.53. The molecule has 2 heteroatoms. The fourth-order valence-corrected chi connectivity index (χ4v) is 0.177. The van der Waals surface area contributed by atoms with Crippen LogP contribution < -0.4 is 0 Å². The van der Waals surface area contributed by atoms with E-state index in [1.54, 1.807) is 7.05 Å². The topological polar surface area (TPSA) is 12.4 Å². The van der Waals surface area contributed by atoms with Crippen LogP contribution in [0.4, 0.5) is 4.39 Å². The molecule has 0 rings (SSSR count). The number of aliphatic imine (C=N–C) groups is 1. The first-order chi connectivity index (χ1) is 3.27. The summed E-state index contributed by atoms with van der Waals surface area (Å²) in [5.41, 5.74) is 0. The van der Waals surface area contributed by atoms with Gasteiger partial charge in [0.25, 0.3) is 0 Å².